The van der Waals surface area contributed by atoms with Gasteiger partial charge in [-0.25, -0.2) is 0 Å². The first kappa shape index (κ1) is 15.1. The van der Waals surface area contributed by atoms with Crippen LogP contribution in [-0.2, 0) is 0 Å². The highest BCUT2D eigenvalue weighted by atomic mass is 35.5. The van der Waals surface area contributed by atoms with E-state index in [0.29, 0.717) is 5.92 Å². The van der Waals surface area contributed by atoms with Gasteiger partial charge in [-0.3, -0.25) is 0 Å². The van der Waals surface area contributed by atoms with Crippen molar-refractivity contribution in [1.29, 1.82) is 0 Å². The van der Waals surface area contributed by atoms with Crippen LogP contribution in [0.5, 0.6) is 11.5 Å². The molecule has 16 heavy (non-hydrogen) atoms. The highest BCUT2D eigenvalue weighted by molar-refractivity contribution is 5.85. The lowest BCUT2D eigenvalue weighted by atomic mass is 9.92. The van der Waals surface area contributed by atoms with Crippen molar-refractivity contribution in [3.8, 4) is 11.5 Å². The van der Waals surface area contributed by atoms with Gasteiger partial charge in [0.1, 0.15) is 11.5 Å². The number of rotatable bonds is 4. The normalized spacial score (nSPS) is 13.8. The zero-order valence-electron chi connectivity index (χ0n) is 9.93. The number of aromatic hydroxyl groups is 1. The zero-order chi connectivity index (χ0) is 11.4. The van der Waals surface area contributed by atoms with Crippen LogP contribution >= 0.6 is 12.4 Å². The molecule has 0 saturated heterocycles. The third-order valence-electron chi connectivity index (χ3n) is 2.85. The Morgan fingerprint density at radius 1 is 1.44 bits per heavy atom. The summed E-state index contributed by atoms with van der Waals surface area (Å²) < 4.78 is 5.11. The van der Waals surface area contributed by atoms with E-state index in [-0.39, 0.29) is 24.2 Å². The second kappa shape index (κ2) is 6.61. The largest absolute Gasteiger partial charge is 0.508 e. The quantitative estimate of drug-likeness (QED) is 0.858. The number of phenols is 1. The van der Waals surface area contributed by atoms with Gasteiger partial charge in [-0.15, -0.1) is 12.4 Å². The Kier molecular flexibility index (Phi) is 6.22. The van der Waals surface area contributed by atoms with Crippen molar-refractivity contribution in [2.75, 3.05) is 7.11 Å². The van der Waals surface area contributed by atoms with Crippen molar-refractivity contribution in [2.24, 2.45) is 11.7 Å². The second-order valence-corrected chi connectivity index (χ2v) is 3.84. The highest BCUT2D eigenvalue weighted by Crippen LogP contribution is 2.31. The Labute approximate surface area is 103 Å². The molecular weight excluding hydrogens is 226 g/mol. The lowest BCUT2D eigenvalue weighted by molar-refractivity contribution is 0.398. The molecule has 0 aliphatic rings. The average molecular weight is 246 g/mol. The minimum atomic E-state index is -0.148. The van der Waals surface area contributed by atoms with Gasteiger partial charge in [0.2, 0.25) is 0 Å². The van der Waals surface area contributed by atoms with Crippen molar-refractivity contribution >= 4 is 12.4 Å². The monoisotopic (exact) mass is 245 g/mol. The van der Waals surface area contributed by atoms with E-state index < -0.39 is 0 Å². The average Bonchev–Trinajstić information content (AvgIpc) is 2.27. The molecule has 1 aromatic carbocycles. The van der Waals surface area contributed by atoms with Crippen molar-refractivity contribution in [3.63, 3.8) is 0 Å². The maximum Gasteiger partial charge on any atom is 0.120 e. The summed E-state index contributed by atoms with van der Waals surface area (Å²) in [7, 11) is 1.60. The van der Waals surface area contributed by atoms with Crippen LogP contribution in [0, 0.1) is 5.92 Å². The number of hydrogen-bond donors (Lipinski definition) is 2. The zero-order valence-corrected chi connectivity index (χ0v) is 10.8. The number of methoxy groups -OCH3 is 1. The fraction of sp³-hybridized carbons (Fsp3) is 0.500. The Hall–Kier alpha value is -0.930. The van der Waals surface area contributed by atoms with Crippen LogP contribution in [-0.4, -0.2) is 12.2 Å². The molecule has 0 saturated carbocycles. The molecule has 0 spiro atoms. The van der Waals surface area contributed by atoms with Gasteiger partial charge >= 0.3 is 0 Å². The number of ether oxygens (including phenoxy) is 1. The van der Waals surface area contributed by atoms with Gasteiger partial charge in [0.05, 0.1) is 7.11 Å². The van der Waals surface area contributed by atoms with E-state index in [1.165, 1.54) is 0 Å². The predicted molar refractivity (Wildman–Crippen MR) is 68.3 cm³/mol. The Morgan fingerprint density at radius 2 is 2.06 bits per heavy atom. The van der Waals surface area contributed by atoms with Gasteiger partial charge in [0.25, 0.3) is 0 Å². The molecule has 1 rings (SSSR count). The van der Waals surface area contributed by atoms with E-state index >= 15 is 0 Å². The molecule has 0 amide bonds. The Bertz CT molecular complexity index is 331. The minimum absolute atomic E-state index is 0. The third-order valence-corrected chi connectivity index (χ3v) is 2.85. The molecule has 4 heteroatoms. The van der Waals surface area contributed by atoms with Crippen LogP contribution in [0.2, 0.25) is 0 Å². The molecule has 0 aliphatic heterocycles. The molecule has 0 bridgehead atoms. The molecule has 1 unspecified atom stereocenters. The maximum atomic E-state index is 9.71. The maximum absolute atomic E-state index is 9.71. The SMILES string of the molecule is CCC(C)[C@H](N)c1cc(OC)ccc1O.Cl. The van der Waals surface area contributed by atoms with Crippen LogP contribution in [0.3, 0.4) is 0 Å². The number of benzene rings is 1. The second-order valence-electron chi connectivity index (χ2n) is 3.84. The fourth-order valence-electron chi connectivity index (χ4n) is 1.49. The lowest BCUT2D eigenvalue weighted by Crippen LogP contribution is -2.18. The van der Waals surface area contributed by atoms with Crippen molar-refractivity contribution < 1.29 is 9.84 Å². The van der Waals surface area contributed by atoms with E-state index in [1.807, 2.05) is 0 Å². The van der Waals surface area contributed by atoms with E-state index in [9.17, 15) is 5.11 Å². The van der Waals surface area contributed by atoms with Crippen molar-refractivity contribution in [1.82, 2.24) is 0 Å². The summed E-state index contributed by atoms with van der Waals surface area (Å²) in [6, 6.07) is 5.00. The first-order valence-corrected chi connectivity index (χ1v) is 5.22. The summed E-state index contributed by atoms with van der Waals surface area (Å²) in [5.41, 5.74) is 6.81. The Morgan fingerprint density at radius 3 is 2.56 bits per heavy atom. The number of halogens is 1. The molecular formula is C12H20ClNO2. The van der Waals surface area contributed by atoms with E-state index in [2.05, 4.69) is 13.8 Å². The van der Waals surface area contributed by atoms with Crippen molar-refractivity contribution in [2.45, 2.75) is 26.3 Å². The summed E-state index contributed by atoms with van der Waals surface area (Å²) >= 11 is 0. The molecule has 0 aromatic heterocycles. The molecule has 0 heterocycles. The number of hydrogen-bond acceptors (Lipinski definition) is 3. The van der Waals surface area contributed by atoms with Crippen LogP contribution < -0.4 is 10.5 Å². The molecule has 0 fully saturated rings. The van der Waals surface area contributed by atoms with Gasteiger partial charge < -0.3 is 15.6 Å². The highest BCUT2D eigenvalue weighted by Gasteiger charge is 2.17. The third kappa shape index (κ3) is 3.29. The van der Waals surface area contributed by atoms with Gasteiger partial charge in [-0.2, -0.15) is 0 Å². The summed E-state index contributed by atoms with van der Waals surface area (Å²) in [6.45, 7) is 4.16. The fourth-order valence-corrected chi connectivity index (χ4v) is 1.49. The first-order chi connectivity index (χ1) is 7.10. The van der Waals surface area contributed by atoms with Gasteiger partial charge in [0, 0.05) is 11.6 Å². The summed E-state index contributed by atoms with van der Waals surface area (Å²) in [4.78, 5) is 0. The van der Waals surface area contributed by atoms with Gasteiger partial charge in [-0.05, 0) is 24.1 Å². The van der Waals surface area contributed by atoms with Crippen LogP contribution in [0.4, 0.5) is 0 Å². The number of phenolic OH excluding ortho intramolecular Hbond substituents is 1. The Balaban J connectivity index is 0.00000225. The predicted octanol–water partition coefficient (Wildman–Crippen LogP) is 2.87. The standard InChI is InChI=1S/C12H19NO2.ClH/c1-4-8(2)12(13)10-7-9(15-3)5-6-11(10)14;/h5-8,12,14H,4,13H2,1-3H3;1H/t8?,12-;/m0./s1. The number of nitrogens with two attached hydrogens (primary N) is 1. The van der Waals surface area contributed by atoms with Crippen molar-refractivity contribution in [3.05, 3.63) is 23.8 Å². The van der Waals surface area contributed by atoms with E-state index in [4.69, 9.17) is 10.5 Å². The molecule has 0 radical (unpaired) electrons. The molecule has 3 nitrogen and oxygen atoms in total. The molecule has 0 aliphatic carbocycles. The molecule has 2 atom stereocenters. The first-order valence-electron chi connectivity index (χ1n) is 5.22. The van der Waals surface area contributed by atoms with E-state index in [1.54, 1.807) is 25.3 Å². The summed E-state index contributed by atoms with van der Waals surface area (Å²) in [5, 5.41) is 9.71. The van der Waals surface area contributed by atoms with Crippen LogP contribution in [0.15, 0.2) is 18.2 Å². The summed E-state index contributed by atoms with van der Waals surface area (Å²) in [6.07, 6.45) is 0.984. The van der Waals surface area contributed by atoms with Gasteiger partial charge in [0.15, 0.2) is 0 Å². The van der Waals surface area contributed by atoms with E-state index in [0.717, 1.165) is 17.7 Å². The lowest BCUT2D eigenvalue weighted by Gasteiger charge is -2.20. The molecule has 1 aromatic rings. The topological polar surface area (TPSA) is 55.5 Å². The molecule has 3 N–H and O–H groups in total. The molecule has 92 valence electrons. The summed E-state index contributed by atoms with van der Waals surface area (Å²) in [5.74, 6) is 1.30. The van der Waals surface area contributed by atoms with Crippen LogP contribution in [0.1, 0.15) is 31.9 Å². The van der Waals surface area contributed by atoms with Crippen LogP contribution in [0.25, 0.3) is 0 Å². The smallest absolute Gasteiger partial charge is 0.120 e. The minimum Gasteiger partial charge on any atom is -0.508 e. The van der Waals surface area contributed by atoms with Gasteiger partial charge in [-0.1, -0.05) is 20.3 Å².